The highest BCUT2D eigenvalue weighted by atomic mass is 16.4. The quantitative estimate of drug-likeness (QED) is 0.0545. The minimum Gasteiger partial charge on any atom is -0.481 e. The summed E-state index contributed by atoms with van der Waals surface area (Å²) in [5.74, 6) is -0.932. The molecule has 0 rings (SSSR count). The van der Waals surface area contributed by atoms with Crippen LogP contribution in [0.5, 0.6) is 0 Å². The molecular weight excluding hydrogens is 544 g/mol. The molecule has 0 aromatic heterocycles. The second-order valence-corrected chi connectivity index (χ2v) is 13.4. The highest BCUT2D eigenvalue weighted by molar-refractivity contribution is 5.77. The lowest BCUT2D eigenvalue weighted by molar-refractivity contribution is -0.142. The van der Waals surface area contributed by atoms with Gasteiger partial charge in [-0.2, -0.15) is 0 Å². The van der Waals surface area contributed by atoms with Crippen LogP contribution in [-0.4, -0.2) is 41.5 Å². The van der Waals surface area contributed by atoms with Crippen LogP contribution >= 0.6 is 0 Å². The van der Waals surface area contributed by atoms with Crippen LogP contribution in [0.1, 0.15) is 200 Å². The molecule has 0 spiro atoms. The fraction of sp³-hybridized carbons (Fsp3) is 0.897. The number of nitrogens with zero attached hydrogens (tertiary/aromatic N) is 1. The Kier molecular flexibility index (Phi) is 33.4. The largest absolute Gasteiger partial charge is 0.481 e. The van der Waals surface area contributed by atoms with E-state index in [-0.39, 0.29) is 18.4 Å². The number of nitrogens with two attached hydrogens (primary N) is 1. The average Bonchev–Trinajstić information content (AvgIpc) is 3.02. The monoisotopic (exact) mass is 621 g/mol. The molecule has 0 aromatic carbocycles. The summed E-state index contributed by atoms with van der Waals surface area (Å²) in [7, 11) is 0. The minimum atomic E-state index is -0.677. The number of aliphatic carboxylic acids is 1. The first-order valence-corrected chi connectivity index (χ1v) is 19.4. The standard InChI is InChI=1S/C39H76N2O3/c1-3-5-7-9-11-13-15-16-17-18-19-21-23-25-27-30-34-41(38(42)36-40)35-31-29-33-37(39(43)44)32-28-26-24-22-20-14-12-10-8-6-4-2/h22,24,37H,3-21,23,25-36,40H2,1-2H3,(H,43,44)/b24-22-. The maximum absolute atomic E-state index is 12.4. The Labute approximate surface area is 274 Å². The zero-order chi connectivity index (χ0) is 32.4. The molecule has 0 saturated carbocycles. The SMILES string of the molecule is CCCCCCCC/C=C\CCCC(CCCCN(CCCCCCCCCCCCCCCCCC)C(=O)CN)C(=O)O. The van der Waals surface area contributed by atoms with Crippen molar-refractivity contribution in [2.45, 2.75) is 200 Å². The first kappa shape index (κ1) is 42.6. The van der Waals surface area contributed by atoms with E-state index in [9.17, 15) is 14.7 Å². The molecule has 3 N–H and O–H groups in total. The van der Waals surface area contributed by atoms with E-state index in [1.807, 2.05) is 4.90 Å². The van der Waals surface area contributed by atoms with E-state index in [0.29, 0.717) is 13.0 Å². The molecule has 1 amide bonds. The lowest BCUT2D eigenvalue weighted by Crippen LogP contribution is -2.37. The molecule has 0 saturated heterocycles. The average molecular weight is 621 g/mol. The number of rotatable bonds is 35. The van der Waals surface area contributed by atoms with Gasteiger partial charge in [-0.1, -0.05) is 161 Å². The molecule has 44 heavy (non-hydrogen) atoms. The number of carboxylic acid groups (broad SMARTS) is 1. The zero-order valence-corrected chi connectivity index (χ0v) is 29.6. The molecule has 5 heteroatoms. The van der Waals surface area contributed by atoms with E-state index in [2.05, 4.69) is 26.0 Å². The number of hydrogen-bond acceptors (Lipinski definition) is 3. The predicted octanol–water partition coefficient (Wildman–Crippen LogP) is 11.4. The molecular formula is C39H76N2O3. The van der Waals surface area contributed by atoms with Gasteiger partial charge in [0.05, 0.1) is 12.5 Å². The van der Waals surface area contributed by atoms with Crippen molar-refractivity contribution in [3.05, 3.63) is 12.2 Å². The second-order valence-electron chi connectivity index (χ2n) is 13.4. The Morgan fingerprint density at radius 2 is 0.909 bits per heavy atom. The molecule has 0 bridgehead atoms. The summed E-state index contributed by atoms with van der Waals surface area (Å²) < 4.78 is 0. The summed E-state index contributed by atoms with van der Waals surface area (Å²) in [4.78, 5) is 26.1. The van der Waals surface area contributed by atoms with Crippen molar-refractivity contribution >= 4 is 11.9 Å². The first-order valence-electron chi connectivity index (χ1n) is 19.4. The van der Waals surface area contributed by atoms with Crippen molar-refractivity contribution in [3.63, 3.8) is 0 Å². The lowest BCUT2D eigenvalue weighted by atomic mass is 9.95. The summed E-state index contributed by atoms with van der Waals surface area (Å²) >= 11 is 0. The zero-order valence-electron chi connectivity index (χ0n) is 29.6. The molecule has 0 aliphatic heterocycles. The lowest BCUT2D eigenvalue weighted by Gasteiger charge is -2.22. The summed E-state index contributed by atoms with van der Waals surface area (Å²) in [5, 5.41) is 9.68. The molecule has 0 aliphatic carbocycles. The van der Waals surface area contributed by atoms with Crippen molar-refractivity contribution in [2.75, 3.05) is 19.6 Å². The number of allylic oxidation sites excluding steroid dienone is 2. The maximum Gasteiger partial charge on any atom is 0.306 e. The van der Waals surface area contributed by atoms with E-state index in [0.717, 1.165) is 51.5 Å². The van der Waals surface area contributed by atoms with Crippen LogP contribution in [-0.2, 0) is 9.59 Å². The third-order valence-corrected chi connectivity index (χ3v) is 9.20. The van der Waals surface area contributed by atoms with E-state index < -0.39 is 5.97 Å². The van der Waals surface area contributed by atoms with Gasteiger partial charge >= 0.3 is 5.97 Å². The summed E-state index contributed by atoms with van der Waals surface area (Å²) in [6.07, 6.45) is 40.1. The molecule has 260 valence electrons. The van der Waals surface area contributed by atoms with Gasteiger partial charge in [-0.15, -0.1) is 0 Å². The van der Waals surface area contributed by atoms with Gasteiger partial charge in [0.1, 0.15) is 0 Å². The van der Waals surface area contributed by atoms with Gasteiger partial charge in [-0.25, -0.2) is 0 Å². The Morgan fingerprint density at radius 3 is 1.34 bits per heavy atom. The predicted molar refractivity (Wildman–Crippen MR) is 191 cm³/mol. The number of carbonyl (C=O) groups is 2. The van der Waals surface area contributed by atoms with E-state index >= 15 is 0 Å². The molecule has 5 nitrogen and oxygen atoms in total. The third kappa shape index (κ3) is 29.4. The first-order chi connectivity index (χ1) is 21.6. The maximum atomic E-state index is 12.4. The van der Waals surface area contributed by atoms with Crippen LogP contribution < -0.4 is 5.73 Å². The van der Waals surface area contributed by atoms with Gasteiger partial charge in [-0.3, -0.25) is 9.59 Å². The van der Waals surface area contributed by atoms with Crippen molar-refractivity contribution < 1.29 is 14.7 Å². The summed E-state index contributed by atoms with van der Waals surface area (Å²) in [6.45, 7) is 6.06. The summed E-state index contributed by atoms with van der Waals surface area (Å²) in [6, 6.07) is 0. The van der Waals surface area contributed by atoms with Crippen LogP contribution in [0.25, 0.3) is 0 Å². The number of carbonyl (C=O) groups excluding carboxylic acids is 1. The van der Waals surface area contributed by atoms with Crippen LogP contribution in [0.4, 0.5) is 0 Å². The van der Waals surface area contributed by atoms with E-state index in [1.165, 1.54) is 135 Å². The summed E-state index contributed by atoms with van der Waals surface area (Å²) in [5.41, 5.74) is 5.68. The molecule has 0 fully saturated rings. The van der Waals surface area contributed by atoms with Gasteiger partial charge in [-0.05, 0) is 51.4 Å². The number of hydrogen-bond donors (Lipinski definition) is 2. The Hall–Kier alpha value is -1.36. The van der Waals surface area contributed by atoms with Crippen LogP contribution in [0.15, 0.2) is 12.2 Å². The Bertz CT molecular complexity index is 651. The number of amides is 1. The Balaban J connectivity index is 3.86. The fourth-order valence-corrected chi connectivity index (χ4v) is 6.19. The molecule has 0 aromatic rings. The third-order valence-electron chi connectivity index (χ3n) is 9.20. The van der Waals surface area contributed by atoms with Crippen molar-refractivity contribution in [1.29, 1.82) is 0 Å². The van der Waals surface area contributed by atoms with E-state index in [4.69, 9.17) is 5.73 Å². The smallest absolute Gasteiger partial charge is 0.306 e. The minimum absolute atomic E-state index is 0.0218. The van der Waals surface area contributed by atoms with Gasteiger partial charge in [0.15, 0.2) is 0 Å². The molecule has 0 heterocycles. The van der Waals surface area contributed by atoms with Gasteiger partial charge in [0.25, 0.3) is 0 Å². The van der Waals surface area contributed by atoms with Gasteiger partial charge in [0.2, 0.25) is 5.91 Å². The number of unbranched alkanes of at least 4 members (excludes halogenated alkanes) is 23. The van der Waals surface area contributed by atoms with Crippen molar-refractivity contribution in [2.24, 2.45) is 11.7 Å². The van der Waals surface area contributed by atoms with Crippen molar-refractivity contribution in [1.82, 2.24) is 4.90 Å². The van der Waals surface area contributed by atoms with Crippen LogP contribution in [0, 0.1) is 5.92 Å². The van der Waals surface area contributed by atoms with E-state index in [1.54, 1.807) is 0 Å². The van der Waals surface area contributed by atoms with Crippen LogP contribution in [0.2, 0.25) is 0 Å². The molecule has 0 aliphatic rings. The molecule has 0 radical (unpaired) electrons. The number of carboxylic acids is 1. The second kappa shape index (κ2) is 34.5. The van der Waals surface area contributed by atoms with Crippen LogP contribution in [0.3, 0.4) is 0 Å². The fourth-order valence-electron chi connectivity index (χ4n) is 6.19. The van der Waals surface area contributed by atoms with Gasteiger partial charge < -0.3 is 15.7 Å². The Morgan fingerprint density at radius 1 is 0.545 bits per heavy atom. The normalized spacial score (nSPS) is 12.2. The highest BCUT2D eigenvalue weighted by Crippen LogP contribution is 2.18. The topological polar surface area (TPSA) is 83.6 Å². The highest BCUT2D eigenvalue weighted by Gasteiger charge is 2.17. The van der Waals surface area contributed by atoms with Crippen molar-refractivity contribution in [3.8, 4) is 0 Å². The molecule has 1 atom stereocenters. The van der Waals surface area contributed by atoms with Gasteiger partial charge in [0, 0.05) is 13.1 Å². The molecule has 1 unspecified atom stereocenters.